The van der Waals surface area contributed by atoms with Crippen molar-refractivity contribution in [2.45, 2.75) is 59.9 Å². The Bertz CT molecular complexity index is 943. The number of para-hydroxylation sites is 1. The van der Waals surface area contributed by atoms with Crippen LogP contribution in [-0.2, 0) is 11.8 Å². The van der Waals surface area contributed by atoms with E-state index >= 15 is 0 Å². The molecule has 2 aromatic rings. The smallest absolute Gasteiger partial charge is 0.261 e. The van der Waals surface area contributed by atoms with Crippen LogP contribution >= 0.6 is 0 Å². The maximum Gasteiger partial charge on any atom is 0.261 e. The second-order valence-corrected chi connectivity index (χ2v) is 10.2. The molecule has 2 rings (SSSR count). The van der Waals surface area contributed by atoms with E-state index in [2.05, 4.69) is 39.5 Å². The number of amides is 1. The molecule has 0 spiro atoms. The van der Waals surface area contributed by atoms with E-state index in [4.69, 9.17) is 4.98 Å². The number of rotatable bonds is 9. The molecule has 0 radical (unpaired) electrons. The maximum atomic E-state index is 13.5. The van der Waals surface area contributed by atoms with Gasteiger partial charge < -0.3 is 9.80 Å². The predicted octanol–water partition coefficient (Wildman–Crippen LogP) is 4.24. The molecule has 1 aromatic heterocycles. The summed E-state index contributed by atoms with van der Waals surface area (Å²) in [6.07, 6.45) is 2.19. The van der Waals surface area contributed by atoms with Gasteiger partial charge in [-0.1, -0.05) is 46.8 Å². The summed E-state index contributed by atoms with van der Waals surface area (Å²) in [5, 5.41) is 0.605. The first-order valence-electron chi connectivity index (χ1n) is 11.3. The molecule has 0 bridgehead atoms. The number of likely N-dealkylation sites (N-methyl/N-ethyl adjacent to an activating group) is 1. The van der Waals surface area contributed by atoms with Gasteiger partial charge in [-0.3, -0.25) is 14.2 Å². The van der Waals surface area contributed by atoms with Gasteiger partial charge in [0.15, 0.2) is 0 Å². The minimum absolute atomic E-state index is 0.0693. The summed E-state index contributed by atoms with van der Waals surface area (Å²) in [7, 11) is 5.78. The molecule has 2 atom stereocenters. The second kappa shape index (κ2) is 10.4. The molecule has 1 aromatic carbocycles. The number of hydrogen-bond donors (Lipinski definition) is 0. The third-order valence-electron chi connectivity index (χ3n) is 5.67. The highest BCUT2D eigenvalue weighted by molar-refractivity contribution is 5.78. The average Bonchev–Trinajstić information content (AvgIpc) is 2.66. The molecule has 172 valence electrons. The molecule has 1 amide bonds. The van der Waals surface area contributed by atoms with Gasteiger partial charge in [-0.05, 0) is 50.4 Å². The zero-order valence-electron chi connectivity index (χ0n) is 20.6. The fourth-order valence-electron chi connectivity index (χ4n) is 4.37. The summed E-state index contributed by atoms with van der Waals surface area (Å²) in [5.41, 5.74) is 0.794. The van der Waals surface area contributed by atoms with E-state index < -0.39 is 0 Å². The molecule has 0 N–H and O–H groups in total. The summed E-state index contributed by atoms with van der Waals surface area (Å²) < 4.78 is 1.62. The highest BCUT2D eigenvalue weighted by Crippen LogP contribution is 2.29. The third kappa shape index (κ3) is 6.63. The fourth-order valence-corrected chi connectivity index (χ4v) is 4.37. The van der Waals surface area contributed by atoms with Gasteiger partial charge in [0.25, 0.3) is 5.56 Å². The van der Waals surface area contributed by atoms with Crippen molar-refractivity contribution in [3.8, 4) is 0 Å². The lowest BCUT2D eigenvalue weighted by Crippen LogP contribution is -2.42. The van der Waals surface area contributed by atoms with Gasteiger partial charge in [-0.15, -0.1) is 0 Å². The molecule has 2 unspecified atom stereocenters. The van der Waals surface area contributed by atoms with E-state index in [1.54, 1.807) is 17.7 Å². The minimum Gasteiger partial charge on any atom is -0.331 e. The van der Waals surface area contributed by atoms with Crippen molar-refractivity contribution in [1.29, 1.82) is 0 Å². The van der Waals surface area contributed by atoms with Crippen LogP contribution in [0.3, 0.4) is 0 Å². The maximum absolute atomic E-state index is 13.5. The number of nitrogens with zero attached hydrogens (tertiary/aromatic N) is 4. The summed E-state index contributed by atoms with van der Waals surface area (Å²) in [6.45, 7) is 12.2. The lowest BCUT2D eigenvalue weighted by atomic mass is 9.84. The van der Waals surface area contributed by atoms with Gasteiger partial charge in [0, 0.05) is 26.6 Å². The summed E-state index contributed by atoms with van der Waals surface area (Å²) in [5.74, 6) is 1.08. The van der Waals surface area contributed by atoms with Crippen molar-refractivity contribution in [2.24, 2.45) is 18.4 Å². The SMILES string of the molecule is CCC(c1nc2ccccc2c(=O)n1C)N(CCN(C)C)C(=O)CC(C)CC(C)(C)C. The van der Waals surface area contributed by atoms with Crippen molar-refractivity contribution in [3.63, 3.8) is 0 Å². The number of hydrogen-bond acceptors (Lipinski definition) is 4. The van der Waals surface area contributed by atoms with Crippen LogP contribution in [0.4, 0.5) is 0 Å². The Balaban J connectivity index is 2.43. The van der Waals surface area contributed by atoms with Gasteiger partial charge in [0.05, 0.1) is 16.9 Å². The molecule has 0 aliphatic rings. The van der Waals surface area contributed by atoms with Crippen molar-refractivity contribution in [1.82, 2.24) is 19.4 Å². The van der Waals surface area contributed by atoms with Gasteiger partial charge in [0.2, 0.25) is 5.91 Å². The van der Waals surface area contributed by atoms with Crippen molar-refractivity contribution >= 4 is 16.8 Å². The van der Waals surface area contributed by atoms with E-state index in [1.807, 2.05) is 37.2 Å². The van der Waals surface area contributed by atoms with Crippen LogP contribution in [0.2, 0.25) is 0 Å². The molecule has 0 saturated heterocycles. The molecule has 0 fully saturated rings. The van der Waals surface area contributed by atoms with Crippen LogP contribution in [-0.4, -0.2) is 52.4 Å². The van der Waals surface area contributed by atoms with Crippen LogP contribution in [0.5, 0.6) is 0 Å². The standard InChI is InChI=1S/C25H40N4O2/c1-9-21(23-26-20-13-11-10-12-19(20)24(31)28(23)8)29(15-14-27(6)7)22(30)16-18(2)17-25(3,4)5/h10-13,18,21H,9,14-17H2,1-8H3. The Kier molecular flexibility index (Phi) is 8.41. The Morgan fingerprint density at radius 2 is 1.81 bits per heavy atom. The molecule has 0 aliphatic heterocycles. The minimum atomic E-state index is -0.239. The van der Waals surface area contributed by atoms with Crippen LogP contribution in [0, 0.1) is 11.3 Å². The Morgan fingerprint density at radius 3 is 2.39 bits per heavy atom. The second-order valence-electron chi connectivity index (χ2n) is 10.2. The van der Waals surface area contributed by atoms with Crippen LogP contribution in [0.15, 0.2) is 29.1 Å². The van der Waals surface area contributed by atoms with Crippen LogP contribution in [0.1, 0.15) is 65.7 Å². The summed E-state index contributed by atoms with van der Waals surface area (Å²) in [6, 6.07) is 7.17. The van der Waals surface area contributed by atoms with E-state index in [1.165, 1.54) is 0 Å². The van der Waals surface area contributed by atoms with Crippen LogP contribution < -0.4 is 5.56 Å². The summed E-state index contributed by atoms with van der Waals surface area (Å²) >= 11 is 0. The first kappa shape index (κ1) is 25.1. The van der Waals surface area contributed by atoms with E-state index in [0.29, 0.717) is 42.0 Å². The average molecular weight is 429 g/mol. The topological polar surface area (TPSA) is 58.4 Å². The lowest BCUT2D eigenvalue weighted by Gasteiger charge is -2.34. The molecule has 6 heteroatoms. The fraction of sp³-hybridized carbons (Fsp3) is 0.640. The monoisotopic (exact) mass is 428 g/mol. The molecular weight excluding hydrogens is 388 g/mol. The molecule has 6 nitrogen and oxygen atoms in total. The van der Waals surface area contributed by atoms with E-state index in [9.17, 15) is 9.59 Å². The normalized spacial score (nSPS) is 14.1. The number of benzene rings is 1. The number of carbonyl (C=O) groups is 1. The number of carbonyl (C=O) groups excluding carboxylic acids is 1. The molecular formula is C25H40N4O2. The highest BCUT2D eigenvalue weighted by atomic mass is 16.2. The Hall–Kier alpha value is -2.21. The summed E-state index contributed by atoms with van der Waals surface area (Å²) in [4.78, 5) is 35.3. The Morgan fingerprint density at radius 1 is 1.16 bits per heavy atom. The number of fused-ring (bicyclic) bond motifs is 1. The first-order chi connectivity index (χ1) is 14.4. The molecule has 1 heterocycles. The van der Waals surface area contributed by atoms with Crippen molar-refractivity contribution in [2.75, 3.05) is 27.2 Å². The van der Waals surface area contributed by atoms with Crippen molar-refractivity contribution < 1.29 is 4.79 Å². The number of aromatic nitrogens is 2. The molecule has 31 heavy (non-hydrogen) atoms. The molecule has 0 saturated carbocycles. The van der Waals surface area contributed by atoms with Crippen LogP contribution in [0.25, 0.3) is 10.9 Å². The quantitative estimate of drug-likeness (QED) is 0.599. The first-order valence-corrected chi connectivity index (χ1v) is 11.3. The van der Waals surface area contributed by atoms with E-state index in [-0.39, 0.29) is 22.9 Å². The third-order valence-corrected chi connectivity index (χ3v) is 5.67. The zero-order chi connectivity index (χ0) is 23.3. The van der Waals surface area contributed by atoms with Crippen molar-refractivity contribution in [3.05, 3.63) is 40.4 Å². The largest absolute Gasteiger partial charge is 0.331 e. The van der Waals surface area contributed by atoms with Gasteiger partial charge >= 0.3 is 0 Å². The van der Waals surface area contributed by atoms with Gasteiger partial charge in [0.1, 0.15) is 5.82 Å². The highest BCUT2D eigenvalue weighted by Gasteiger charge is 2.29. The molecule has 0 aliphatic carbocycles. The van der Waals surface area contributed by atoms with E-state index in [0.717, 1.165) is 13.0 Å². The Labute approximate surface area is 187 Å². The zero-order valence-corrected chi connectivity index (χ0v) is 20.6. The lowest BCUT2D eigenvalue weighted by molar-refractivity contribution is -0.135. The van der Waals surface area contributed by atoms with Gasteiger partial charge in [-0.2, -0.15) is 0 Å². The van der Waals surface area contributed by atoms with Gasteiger partial charge in [-0.25, -0.2) is 4.98 Å². The predicted molar refractivity (Wildman–Crippen MR) is 128 cm³/mol.